The van der Waals surface area contributed by atoms with Gasteiger partial charge in [0, 0.05) is 0 Å². The van der Waals surface area contributed by atoms with Gasteiger partial charge in [-0.15, -0.1) is 0 Å². The van der Waals surface area contributed by atoms with E-state index in [4.69, 9.17) is 4.74 Å². The Morgan fingerprint density at radius 3 is 2.32 bits per heavy atom. The first-order chi connectivity index (χ1) is 8.84. The molecular weight excluding hydrogens is 240 g/mol. The van der Waals surface area contributed by atoms with Gasteiger partial charge >= 0.3 is 6.09 Å². The number of nitrogens with zero attached hydrogens (tertiary/aromatic N) is 1. The number of carbonyl (C=O) groups excluding carboxylic acids is 1. The minimum absolute atomic E-state index is 0.132. The summed E-state index contributed by atoms with van der Waals surface area (Å²) in [7, 11) is 0. The topological polar surface area (TPSA) is 50.7 Å². The van der Waals surface area contributed by atoms with E-state index in [1.165, 1.54) is 5.56 Å². The van der Waals surface area contributed by atoms with Crippen molar-refractivity contribution in [2.24, 2.45) is 5.10 Å². The van der Waals surface area contributed by atoms with Crippen LogP contribution in [-0.4, -0.2) is 18.4 Å². The molecule has 0 spiro atoms. The van der Waals surface area contributed by atoms with Crippen LogP contribution in [0.5, 0.6) is 0 Å². The quantitative estimate of drug-likeness (QED) is 0.670. The Balaban J connectivity index is 2.75. The molecule has 0 saturated heterocycles. The van der Waals surface area contributed by atoms with E-state index >= 15 is 0 Å². The zero-order valence-electron chi connectivity index (χ0n) is 12.3. The lowest BCUT2D eigenvalue weighted by Crippen LogP contribution is -2.20. The molecular formula is C15H22N2O2. The molecule has 104 valence electrons. The predicted octanol–water partition coefficient (Wildman–Crippen LogP) is 3.45. The third-order valence-electron chi connectivity index (χ3n) is 2.76. The Morgan fingerprint density at radius 1 is 1.26 bits per heavy atom. The molecule has 1 aromatic rings. The third kappa shape index (κ3) is 4.73. The molecule has 1 amide bonds. The van der Waals surface area contributed by atoms with Crippen molar-refractivity contribution in [1.29, 1.82) is 0 Å². The fourth-order valence-corrected chi connectivity index (χ4v) is 1.57. The largest absolute Gasteiger partial charge is 0.449 e. The number of hydrogen-bond donors (Lipinski definition) is 1. The van der Waals surface area contributed by atoms with Crippen LogP contribution in [0.15, 0.2) is 29.4 Å². The summed E-state index contributed by atoms with van der Waals surface area (Å²) in [6.45, 7) is 10.4. The van der Waals surface area contributed by atoms with E-state index in [2.05, 4.69) is 43.4 Å². The molecule has 0 aliphatic carbocycles. The maximum atomic E-state index is 11.1. The molecule has 19 heavy (non-hydrogen) atoms. The zero-order chi connectivity index (χ0) is 14.5. The van der Waals surface area contributed by atoms with Crippen LogP contribution in [0.3, 0.4) is 0 Å². The van der Waals surface area contributed by atoms with E-state index in [0.717, 1.165) is 11.3 Å². The van der Waals surface area contributed by atoms with Crippen molar-refractivity contribution in [3.8, 4) is 0 Å². The van der Waals surface area contributed by atoms with Crippen LogP contribution in [0.25, 0.3) is 0 Å². The highest BCUT2D eigenvalue weighted by Crippen LogP contribution is 2.22. The van der Waals surface area contributed by atoms with Gasteiger partial charge in [0.1, 0.15) is 0 Å². The van der Waals surface area contributed by atoms with Gasteiger partial charge in [-0.05, 0) is 30.4 Å². The number of benzene rings is 1. The zero-order valence-corrected chi connectivity index (χ0v) is 12.3. The molecule has 1 rings (SSSR count). The second-order valence-corrected chi connectivity index (χ2v) is 5.36. The normalized spacial score (nSPS) is 12.2. The van der Waals surface area contributed by atoms with Crippen molar-refractivity contribution in [3.05, 3.63) is 35.4 Å². The maximum Gasteiger partial charge on any atom is 0.427 e. The van der Waals surface area contributed by atoms with Gasteiger partial charge in [-0.2, -0.15) is 5.10 Å². The Hall–Kier alpha value is -1.84. The first kappa shape index (κ1) is 15.2. The molecule has 0 heterocycles. The molecule has 4 heteroatoms. The average molecular weight is 262 g/mol. The van der Waals surface area contributed by atoms with Crippen molar-refractivity contribution >= 4 is 11.8 Å². The first-order valence-corrected chi connectivity index (χ1v) is 6.42. The summed E-state index contributed by atoms with van der Waals surface area (Å²) in [6, 6.07) is 8.18. The number of nitrogens with one attached hydrogen (secondary N) is 1. The second kappa shape index (κ2) is 6.36. The molecule has 0 bridgehead atoms. The first-order valence-electron chi connectivity index (χ1n) is 6.42. The molecule has 0 atom stereocenters. The molecule has 1 aromatic carbocycles. The van der Waals surface area contributed by atoms with Gasteiger partial charge in [-0.3, -0.25) is 0 Å². The van der Waals surface area contributed by atoms with Crippen molar-refractivity contribution < 1.29 is 9.53 Å². The summed E-state index contributed by atoms with van der Waals surface area (Å²) < 4.78 is 4.73. The van der Waals surface area contributed by atoms with Gasteiger partial charge in [-0.1, -0.05) is 45.0 Å². The summed E-state index contributed by atoms with van der Waals surface area (Å²) in [4.78, 5) is 11.1. The number of hydrazone groups is 1. The minimum atomic E-state index is -0.534. The predicted molar refractivity (Wildman–Crippen MR) is 77.5 cm³/mol. The van der Waals surface area contributed by atoms with Crippen molar-refractivity contribution in [1.82, 2.24) is 5.43 Å². The SMILES string of the molecule is CCOC(=O)N/N=C(/C)c1ccc(C(C)(C)C)cc1. The Bertz CT molecular complexity index is 456. The van der Waals surface area contributed by atoms with E-state index in [9.17, 15) is 4.79 Å². The fraction of sp³-hybridized carbons (Fsp3) is 0.467. The molecule has 0 aliphatic heterocycles. The van der Waals surface area contributed by atoms with Crippen LogP contribution < -0.4 is 5.43 Å². The molecule has 0 unspecified atom stereocenters. The summed E-state index contributed by atoms with van der Waals surface area (Å²) >= 11 is 0. The lowest BCUT2D eigenvalue weighted by Gasteiger charge is -2.19. The standard InChI is InChI=1S/C15H22N2O2/c1-6-19-14(18)17-16-11(2)12-7-9-13(10-8-12)15(3,4)5/h7-10H,6H2,1-5H3,(H,17,18)/b16-11-. The summed E-state index contributed by atoms with van der Waals surface area (Å²) in [5, 5.41) is 4.00. The van der Waals surface area contributed by atoms with Gasteiger partial charge in [-0.25, -0.2) is 10.2 Å². The van der Waals surface area contributed by atoms with Crippen LogP contribution in [0, 0.1) is 0 Å². The fourth-order valence-electron chi connectivity index (χ4n) is 1.57. The molecule has 0 saturated carbocycles. The summed E-state index contributed by atoms with van der Waals surface area (Å²) in [5.74, 6) is 0. The number of hydrogen-bond acceptors (Lipinski definition) is 3. The van der Waals surface area contributed by atoms with E-state index in [0.29, 0.717) is 6.61 Å². The number of rotatable bonds is 3. The van der Waals surface area contributed by atoms with Crippen LogP contribution in [0.4, 0.5) is 4.79 Å². The number of amides is 1. The Labute approximate surface area is 114 Å². The highest BCUT2D eigenvalue weighted by Gasteiger charge is 2.13. The maximum absolute atomic E-state index is 11.1. The monoisotopic (exact) mass is 262 g/mol. The molecule has 0 fully saturated rings. The van der Waals surface area contributed by atoms with Crippen LogP contribution >= 0.6 is 0 Å². The lowest BCUT2D eigenvalue weighted by molar-refractivity contribution is 0.152. The van der Waals surface area contributed by atoms with E-state index in [1.807, 2.05) is 19.1 Å². The van der Waals surface area contributed by atoms with Gasteiger partial charge in [0.2, 0.25) is 0 Å². The van der Waals surface area contributed by atoms with Crippen molar-refractivity contribution in [2.75, 3.05) is 6.61 Å². The van der Waals surface area contributed by atoms with Crippen molar-refractivity contribution in [2.45, 2.75) is 40.0 Å². The molecule has 1 N–H and O–H groups in total. The van der Waals surface area contributed by atoms with Crippen LogP contribution in [-0.2, 0) is 10.2 Å². The van der Waals surface area contributed by atoms with Gasteiger partial charge in [0.25, 0.3) is 0 Å². The van der Waals surface area contributed by atoms with Gasteiger partial charge in [0.15, 0.2) is 0 Å². The van der Waals surface area contributed by atoms with Crippen LogP contribution in [0.2, 0.25) is 0 Å². The highest BCUT2D eigenvalue weighted by atomic mass is 16.5. The van der Waals surface area contributed by atoms with Crippen LogP contribution in [0.1, 0.15) is 45.7 Å². The van der Waals surface area contributed by atoms with E-state index < -0.39 is 6.09 Å². The van der Waals surface area contributed by atoms with Gasteiger partial charge < -0.3 is 4.74 Å². The molecule has 0 radical (unpaired) electrons. The van der Waals surface area contributed by atoms with Crippen molar-refractivity contribution in [3.63, 3.8) is 0 Å². The van der Waals surface area contributed by atoms with Gasteiger partial charge in [0.05, 0.1) is 12.3 Å². The number of ether oxygens (including phenoxy) is 1. The molecule has 0 aromatic heterocycles. The molecule has 0 aliphatic rings. The van der Waals surface area contributed by atoms with E-state index in [-0.39, 0.29) is 5.41 Å². The second-order valence-electron chi connectivity index (χ2n) is 5.36. The highest BCUT2D eigenvalue weighted by molar-refractivity contribution is 5.99. The summed E-state index contributed by atoms with van der Waals surface area (Å²) in [6.07, 6.45) is -0.534. The Kier molecular flexibility index (Phi) is 5.10. The molecule has 4 nitrogen and oxygen atoms in total. The summed E-state index contributed by atoms with van der Waals surface area (Å²) in [5.41, 5.74) is 5.47. The third-order valence-corrected chi connectivity index (χ3v) is 2.76. The minimum Gasteiger partial charge on any atom is -0.449 e. The average Bonchev–Trinajstić information content (AvgIpc) is 2.35. The smallest absolute Gasteiger partial charge is 0.427 e. The van der Waals surface area contributed by atoms with E-state index in [1.54, 1.807) is 6.92 Å². The Morgan fingerprint density at radius 2 is 1.84 bits per heavy atom. The number of carbonyl (C=O) groups is 1. The lowest BCUT2D eigenvalue weighted by atomic mass is 9.86.